The number of allylic oxidation sites excluding steroid dienone is 2. The van der Waals surface area contributed by atoms with Crippen LogP contribution in [-0.2, 0) is 12.8 Å². The number of hydrogen-bond acceptors (Lipinski definition) is 0. The zero-order chi connectivity index (χ0) is 22.4. The van der Waals surface area contributed by atoms with Gasteiger partial charge >= 0.3 is 0 Å². The van der Waals surface area contributed by atoms with Crippen LogP contribution in [0.5, 0.6) is 0 Å². The van der Waals surface area contributed by atoms with E-state index in [9.17, 15) is 0 Å². The molecule has 160 valence electrons. The number of hydrogen-bond donors (Lipinski definition) is 0. The molecule has 0 radical (unpaired) electrons. The molecule has 0 atom stereocenters. The van der Waals surface area contributed by atoms with Crippen LogP contribution in [0.25, 0.3) is 12.2 Å². The van der Waals surface area contributed by atoms with Crippen LogP contribution in [0.15, 0.2) is 108 Å². The predicted molar refractivity (Wildman–Crippen MR) is 145 cm³/mol. The van der Waals surface area contributed by atoms with E-state index in [0.29, 0.717) is 0 Å². The average molecular weight is 441 g/mol. The fourth-order valence-electron chi connectivity index (χ4n) is 6.08. The highest BCUT2D eigenvalue weighted by atomic mass is 28.3. The van der Waals surface area contributed by atoms with Crippen molar-refractivity contribution < 1.29 is 0 Å². The number of rotatable bonds is 4. The lowest BCUT2D eigenvalue weighted by Crippen LogP contribution is -2.76. The molecular weight excluding hydrogens is 412 g/mol. The molecule has 0 heterocycles. The summed E-state index contributed by atoms with van der Waals surface area (Å²) in [5.74, 6) is 0. The van der Waals surface area contributed by atoms with E-state index in [0.717, 1.165) is 12.8 Å². The second-order valence-corrected chi connectivity index (χ2v) is 13.3. The van der Waals surface area contributed by atoms with E-state index in [-0.39, 0.29) is 0 Å². The second kappa shape index (κ2) is 7.86. The molecular formula is C32H28Si. The monoisotopic (exact) mass is 440 g/mol. The van der Waals surface area contributed by atoms with Gasteiger partial charge in [-0.25, -0.2) is 0 Å². The first-order chi connectivity index (χ1) is 16.2. The minimum atomic E-state index is -2.54. The van der Waals surface area contributed by atoms with Gasteiger partial charge in [-0.3, -0.25) is 0 Å². The van der Waals surface area contributed by atoms with Gasteiger partial charge in [0.1, 0.15) is 0 Å². The number of benzene rings is 4. The Morgan fingerprint density at radius 1 is 0.485 bits per heavy atom. The molecule has 0 amide bonds. The maximum Gasteiger partial charge on any atom is 0.180 e. The third kappa shape index (κ3) is 3.11. The lowest BCUT2D eigenvalue weighted by atomic mass is 10.1. The van der Waals surface area contributed by atoms with Gasteiger partial charge in [-0.05, 0) is 69.7 Å². The highest BCUT2D eigenvalue weighted by Crippen LogP contribution is 2.28. The van der Waals surface area contributed by atoms with Crippen molar-refractivity contribution in [2.45, 2.75) is 26.7 Å². The SMILES string of the molecule is CC1=Cc2cccc([Si](c3ccccc3)(c3ccccc3)c3cccc4c3CC(C)=C4)c2C1. The van der Waals surface area contributed by atoms with Gasteiger partial charge in [-0.2, -0.15) is 0 Å². The molecule has 0 spiro atoms. The largest absolute Gasteiger partial charge is 0.180 e. The molecule has 2 aliphatic rings. The zero-order valence-electron chi connectivity index (χ0n) is 19.3. The van der Waals surface area contributed by atoms with E-state index in [2.05, 4.69) is 123 Å². The fourth-order valence-corrected chi connectivity index (χ4v) is 11.4. The summed E-state index contributed by atoms with van der Waals surface area (Å²) in [4.78, 5) is 0. The first-order valence-corrected chi connectivity index (χ1v) is 13.9. The average Bonchev–Trinajstić information content (AvgIpc) is 3.42. The molecule has 0 N–H and O–H groups in total. The third-order valence-electron chi connectivity index (χ3n) is 7.36. The minimum Gasteiger partial charge on any atom is -0.0683 e. The molecule has 0 aliphatic heterocycles. The van der Waals surface area contributed by atoms with Crippen LogP contribution in [0.4, 0.5) is 0 Å². The summed E-state index contributed by atoms with van der Waals surface area (Å²) in [6.07, 6.45) is 6.86. The van der Waals surface area contributed by atoms with Gasteiger partial charge in [-0.1, -0.05) is 120 Å². The fraction of sp³-hybridized carbons (Fsp3) is 0.125. The Morgan fingerprint density at radius 2 is 0.909 bits per heavy atom. The molecule has 0 bridgehead atoms. The van der Waals surface area contributed by atoms with Crippen molar-refractivity contribution in [3.8, 4) is 0 Å². The highest BCUT2D eigenvalue weighted by Gasteiger charge is 2.45. The maximum atomic E-state index is 2.44. The molecule has 0 aromatic heterocycles. The van der Waals surface area contributed by atoms with Crippen molar-refractivity contribution >= 4 is 41.0 Å². The Labute approximate surface area is 198 Å². The Bertz CT molecular complexity index is 1300. The van der Waals surface area contributed by atoms with E-state index in [4.69, 9.17) is 0 Å². The molecule has 0 fully saturated rings. The quantitative estimate of drug-likeness (QED) is 0.310. The van der Waals surface area contributed by atoms with Crippen LogP contribution < -0.4 is 20.7 Å². The molecule has 33 heavy (non-hydrogen) atoms. The predicted octanol–water partition coefficient (Wildman–Crippen LogP) is 4.98. The molecule has 0 saturated carbocycles. The van der Waals surface area contributed by atoms with Crippen LogP contribution in [0.2, 0.25) is 0 Å². The van der Waals surface area contributed by atoms with Gasteiger partial charge in [0.2, 0.25) is 0 Å². The Kier molecular flexibility index (Phi) is 4.81. The van der Waals surface area contributed by atoms with Crippen molar-refractivity contribution in [3.63, 3.8) is 0 Å². The van der Waals surface area contributed by atoms with Gasteiger partial charge in [0.05, 0.1) is 0 Å². The zero-order valence-corrected chi connectivity index (χ0v) is 20.3. The summed E-state index contributed by atoms with van der Waals surface area (Å²) < 4.78 is 0. The molecule has 0 unspecified atom stereocenters. The van der Waals surface area contributed by atoms with Gasteiger partial charge in [0, 0.05) is 0 Å². The topological polar surface area (TPSA) is 0 Å². The smallest absolute Gasteiger partial charge is 0.0683 e. The van der Waals surface area contributed by atoms with Gasteiger partial charge in [0.25, 0.3) is 0 Å². The van der Waals surface area contributed by atoms with E-state index in [1.54, 1.807) is 10.4 Å². The van der Waals surface area contributed by atoms with Crippen LogP contribution in [0.1, 0.15) is 36.1 Å². The molecule has 4 aromatic rings. The molecule has 1 heteroatoms. The summed E-state index contributed by atoms with van der Waals surface area (Å²) in [6.45, 7) is 4.54. The summed E-state index contributed by atoms with van der Waals surface area (Å²) in [5.41, 5.74) is 8.75. The summed E-state index contributed by atoms with van der Waals surface area (Å²) in [6, 6.07) is 36.7. The highest BCUT2D eigenvalue weighted by molar-refractivity contribution is 7.20. The minimum absolute atomic E-state index is 1.05. The lowest BCUT2D eigenvalue weighted by Gasteiger charge is -2.37. The Morgan fingerprint density at radius 3 is 1.33 bits per heavy atom. The van der Waals surface area contributed by atoms with Crippen molar-refractivity contribution in [2.24, 2.45) is 0 Å². The van der Waals surface area contributed by atoms with Crippen molar-refractivity contribution in [1.82, 2.24) is 0 Å². The van der Waals surface area contributed by atoms with Crippen molar-refractivity contribution in [1.29, 1.82) is 0 Å². The normalized spacial score (nSPS) is 14.5. The van der Waals surface area contributed by atoms with E-state index in [1.165, 1.54) is 43.8 Å². The van der Waals surface area contributed by atoms with Gasteiger partial charge in [-0.15, -0.1) is 0 Å². The Hall–Kier alpha value is -3.42. The first kappa shape index (κ1) is 20.2. The molecule has 2 aliphatic carbocycles. The molecule has 0 nitrogen and oxygen atoms in total. The van der Waals surface area contributed by atoms with Gasteiger partial charge < -0.3 is 0 Å². The van der Waals surface area contributed by atoms with E-state index in [1.807, 2.05) is 0 Å². The third-order valence-corrected chi connectivity index (χ3v) is 12.3. The lowest BCUT2D eigenvalue weighted by molar-refractivity contribution is 1.20. The Balaban J connectivity index is 1.77. The van der Waals surface area contributed by atoms with Gasteiger partial charge in [0.15, 0.2) is 8.07 Å². The molecule has 0 saturated heterocycles. The first-order valence-electron chi connectivity index (χ1n) is 11.9. The second-order valence-electron chi connectivity index (χ2n) is 9.56. The van der Waals surface area contributed by atoms with Crippen LogP contribution in [0.3, 0.4) is 0 Å². The van der Waals surface area contributed by atoms with Crippen molar-refractivity contribution in [3.05, 3.63) is 130 Å². The molecule has 4 aromatic carbocycles. The van der Waals surface area contributed by atoms with Crippen molar-refractivity contribution in [2.75, 3.05) is 0 Å². The summed E-state index contributed by atoms with van der Waals surface area (Å²) >= 11 is 0. The van der Waals surface area contributed by atoms with E-state index < -0.39 is 8.07 Å². The van der Waals surface area contributed by atoms with E-state index >= 15 is 0 Å². The molecule has 6 rings (SSSR count). The number of fused-ring (bicyclic) bond motifs is 2. The summed E-state index contributed by atoms with van der Waals surface area (Å²) in [7, 11) is -2.54. The van der Waals surface area contributed by atoms with Crippen LogP contribution in [0, 0.1) is 0 Å². The summed E-state index contributed by atoms with van der Waals surface area (Å²) in [5, 5.41) is 6.02. The van der Waals surface area contributed by atoms with Crippen LogP contribution >= 0.6 is 0 Å². The van der Waals surface area contributed by atoms with Crippen LogP contribution in [-0.4, -0.2) is 8.07 Å². The standard InChI is InChI=1S/C32H28Si/c1-23-19-25-11-9-17-31(29(25)21-23)33(27-13-5-3-6-14-27,28-15-7-4-8-16-28)32-18-10-12-26-20-24(2)22-30(26)32/h3-20H,21-22H2,1-2H3. The maximum absolute atomic E-state index is 2.54.